The van der Waals surface area contributed by atoms with E-state index in [9.17, 15) is 22.8 Å². The van der Waals surface area contributed by atoms with Crippen LogP contribution in [0.5, 0.6) is 0 Å². The fourth-order valence-electron chi connectivity index (χ4n) is 3.43. The topological polar surface area (TPSA) is 110 Å². The smallest absolute Gasteiger partial charge is 0.338 e. The zero-order chi connectivity index (χ0) is 19.6. The summed E-state index contributed by atoms with van der Waals surface area (Å²) >= 11 is 0. The van der Waals surface area contributed by atoms with Gasteiger partial charge in [0.05, 0.1) is 29.6 Å². The van der Waals surface area contributed by atoms with Gasteiger partial charge in [-0.3, -0.25) is 9.59 Å². The Morgan fingerprint density at radius 2 is 1.96 bits per heavy atom. The fourth-order valence-corrected chi connectivity index (χ4v) is 5.16. The number of amides is 2. The standard InChI is InChI=1S/C18H22N2O6S/c1-2-26-18(23)12-3-5-14(6-4-12)19-17(22)13-9-16(21)20(10-13)15-7-8-27(24,25)11-15/h3-6,13,15H,2,7-11H2,1H3,(H,19,22). The molecule has 2 aliphatic heterocycles. The lowest BCUT2D eigenvalue weighted by Gasteiger charge is -2.22. The predicted molar refractivity (Wildman–Crippen MR) is 97.9 cm³/mol. The lowest BCUT2D eigenvalue weighted by molar-refractivity contribution is -0.129. The minimum atomic E-state index is -3.09. The molecular weight excluding hydrogens is 372 g/mol. The van der Waals surface area contributed by atoms with Crippen molar-refractivity contribution in [2.45, 2.75) is 25.8 Å². The third-order valence-corrected chi connectivity index (χ3v) is 6.59. The van der Waals surface area contributed by atoms with Crippen LogP contribution in [0.15, 0.2) is 24.3 Å². The van der Waals surface area contributed by atoms with E-state index in [0.717, 1.165) is 0 Å². The number of nitrogens with zero attached hydrogens (tertiary/aromatic N) is 1. The van der Waals surface area contributed by atoms with Crippen molar-refractivity contribution in [3.63, 3.8) is 0 Å². The molecule has 0 aromatic heterocycles. The summed E-state index contributed by atoms with van der Waals surface area (Å²) in [4.78, 5) is 37.9. The molecule has 1 N–H and O–H groups in total. The molecule has 2 unspecified atom stereocenters. The monoisotopic (exact) mass is 394 g/mol. The first-order valence-electron chi connectivity index (χ1n) is 8.87. The Kier molecular flexibility index (Phi) is 5.50. The highest BCUT2D eigenvalue weighted by atomic mass is 32.2. The highest BCUT2D eigenvalue weighted by Crippen LogP contribution is 2.27. The van der Waals surface area contributed by atoms with Gasteiger partial charge in [-0.15, -0.1) is 0 Å². The van der Waals surface area contributed by atoms with Crippen molar-refractivity contribution in [3.05, 3.63) is 29.8 Å². The van der Waals surface area contributed by atoms with E-state index in [1.807, 2.05) is 0 Å². The third kappa shape index (κ3) is 4.47. The minimum absolute atomic E-state index is 0.0254. The number of sulfone groups is 1. The minimum Gasteiger partial charge on any atom is -0.462 e. The van der Waals surface area contributed by atoms with Gasteiger partial charge in [-0.25, -0.2) is 13.2 Å². The quantitative estimate of drug-likeness (QED) is 0.741. The molecule has 1 aromatic carbocycles. The van der Waals surface area contributed by atoms with Gasteiger partial charge in [-0.2, -0.15) is 0 Å². The van der Waals surface area contributed by atoms with E-state index in [-0.39, 0.29) is 48.9 Å². The Labute approximate surface area is 157 Å². The van der Waals surface area contributed by atoms with Gasteiger partial charge in [-0.1, -0.05) is 0 Å². The van der Waals surface area contributed by atoms with Crippen molar-refractivity contribution in [1.29, 1.82) is 0 Å². The lowest BCUT2D eigenvalue weighted by atomic mass is 10.1. The lowest BCUT2D eigenvalue weighted by Crippen LogP contribution is -2.38. The highest BCUT2D eigenvalue weighted by Gasteiger charge is 2.41. The molecule has 0 bridgehead atoms. The predicted octanol–water partition coefficient (Wildman–Crippen LogP) is 0.837. The normalized spacial score (nSPS) is 24.0. The number of benzene rings is 1. The molecule has 2 aliphatic rings. The number of esters is 1. The molecule has 2 atom stereocenters. The van der Waals surface area contributed by atoms with Gasteiger partial charge in [-0.05, 0) is 37.6 Å². The molecule has 9 heteroatoms. The molecule has 3 rings (SSSR count). The summed E-state index contributed by atoms with van der Waals surface area (Å²) < 4.78 is 28.2. The Bertz CT molecular complexity index is 849. The van der Waals surface area contributed by atoms with Crippen LogP contribution in [0.2, 0.25) is 0 Å². The number of ether oxygens (including phenoxy) is 1. The summed E-state index contributed by atoms with van der Waals surface area (Å²) in [7, 11) is -3.09. The number of hydrogen-bond donors (Lipinski definition) is 1. The molecule has 146 valence electrons. The maximum absolute atomic E-state index is 12.5. The van der Waals surface area contributed by atoms with Crippen LogP contribution in [-0.2, 0) is 24.2 Å². The maximum atomic E-state index is 12.5. The van der Waals surface area contributed by atoms with E-state index in [1.54, 1.807) is 31.2 Å². The van der Waals surface area contributed by atoms with Crippen LogP contribution in [0.25, 0.3) is 0 Å². The molecule has 0 spiro atoms. The SMILES string of the molecule is CCOC(=O)c1ccc(NC(=O)C2CC(=O)N(C3CCS(=O)(=O)C3)C2)cc1. The zero-order valence-corrected chi connectivity index (χ0v) is 15.8. The first-order chi connectivity index (χ1) is 12.8. The molecule has 8 nitrogen and oxygen atoms in total. The van der Waals surface area contributed by atoms with Crippen LogP contribution >= 0.6 is 0 Å². The molecule has 2 fully saturated rings. The first-order valence-corrected chi connectivity index (χ1v) is 10.7. The van der Waals surface area contributed by atoms with E-state index >= 15 is 0 Å². The van der Waals surface area contributed by atoms with Crippen LogP contribution in [0, 0.1) is 5.92 Å². The number of nitrogens with one attached hydrogen (secondary N) is 1. The zero-order valence-electron chi connectivity index (χ0n) is 15.0. The molecular formula is C18H22N2O6S. The second-order valence-electron chi connectivity index (χ2n) is 6.79. The van der Waals surface area contributed by atoms with E-state index < -0.39 is 21.7 Å². The summed E-state index contributed by atoms with van der Waals surface area (Å²) in [6.07, 6.45) is 0.501. The van der Waals surface area contributed by atoms with Crippen LogP contribution < -0.4 is 5.32 Å². The first kappa shape index (κ1) is 19.3. The fraction of sp³-hybridized carbons (Fsp3) is 0.500. The average molecular weight is 394 g/mol. The van der Waals surface area contributed by atoms with Crippen molar-refractivity contribution in [2.75, 3.05) is 30.0 Å². The molecule has 2 saturated heterocycles. The third-order valence-electron chi connectivity index (χ3n) is 4.84. The van der Waals surface area contributed by atoms with Gasteiger partial charge in [0.1, 0.15) is 0 Å². The Morgan fingerprint density at radius 3 is 2.56 bits per heavy atom. The van der Waals surface area contributed by atoms with Crippen molar-refractivity contribution >= 4 is 33.3 Å². The number of anilines is 1. The second kappa shape index (κ2) is 7.67. The van der Waals surface area contributed by atoms with Gasteiger partial charge >= 0.3 is 5.97 Å². The molecule has 0 saturated carbocycles. The van der Waals surface area contributed by atoms with E-state index in [2.05, 4.69) is 5.32 Å². The highest BCUT2D eigenvalue weighted by molar-refractivity contribution is 7.91. The maximum Gasteiger partial charge on any atom is 0.338 e. The molecule has 0 radical (unpaired) electrons. The summed E-state index contributed by atoms with van der Waals surface area (Å²) in [5.41, 5.74) is 0.905. The molecule has 0 aliphatic carbocycles. The van der Waals surface area contributed by atoms with E-state index in [0.29, 0.717) is 17.7 Å². The van der Waals surface area contributed by atoms with Gasteiger partial charge in [0.15, 0.2) is 9.84 Å². The summed E-state index contributed by atoms with van der Waals surface area (Å²) in [6, 6.07) is 5.99. The van der Waals surface area contributed by atoms with Crippen molar-refractivity contribution < 1.29 is 27.5 Å². The second-order valence-corrected chi connectivity index (χ2v) is 9.02. The number of carbonyl (C=O) groups is 3. The molecule has 27 heavy (non-hydrogen) atoms. The Morgan fingerprint density at radius 1 is 1.26 bits per heavy atom. The van der Waals surface area contributed by atoms with Gasteiger partial charge in [0, 0.05) is 24.7 Å². The largest absolute Gasteiger partial charge is 0.462 e. The van der Waals surface area contributed by atoms with Crippen molar-refractivity contribution in [1.82, 2.24) is 4.90 Å². The number of hydrogen-bond acceptors (Lipinski definition) is 6. The van der Waals surface area contributed by atoms with Crippen LogP contribution in [-0.4, -0.2) is 61.8 Å². The van der Waals surface area contributed by atoms with Gasteiger partial charge in [0.25, 0.3) is 0 Å². The Balaban J connectivity index is 1.59. The van der Waals surface area contributed by atoms with Crippen molar-refractivity contribution in [3.8, 4) is 0 Å². The summed E-state index contributed by atoms with van der Waals surface area (Å²) in [6.45, 7) is 2.23. The van der Waals surface area contributed by atoms with Crippen molar-refractivity contribution in [2.24, 2.45) is 5.92 Å². The van der Waals surface area contributed by atoms with Gasteiger partial charge < -0.3 is 15.0 Å². The average Bonchev–Trinajstić information content (AvgIpc) is 3.18. The van der Waals surface area contributed by atoms with E-state index in [4.69, 9.17) is 4.74 Å². The number of carbonyl (C=O) groups excluding carboxylic acids is 3. The van der Waals surface area contributed by atoms with E-state index in [1.165, 1.54) is 4.90 Å². The summed E-state index contributed by atoms with van der Waals surface area (Å²) in [5.74, 6) is -1.37. The molecule has 1 aromatic rings. The number of rotatable bonds is 5. The van der Waals surface area contributed by atoms with Crippen LogP contribution in [0.3, 0.4) is 0 Å². The van der Waals surface area contributed by atoms with Crippen LogP contribution in [0.4, 0.5) is 5.69 Å². The Hall–Kier alpha value is -2.42. The molecule has 2 heterocycles. The molecule has 2 amide bonds. The summed E-state index contributed by atoms with van der Waals surface area (Å²) in [5, 5.41) is 2.74. The van der Waals surface area contributed by atoms with Crippen LogP contribution in [0.1, 0.15) is 30.1 Å². The van der Waals surface area contributed by atoms with Gasteiger partial charge in [0.2, 0.25) is 11.8 Å². The number of likely N-dealkylation sites (tertiary alicyclic amines) is 1.